The lowest BCUT2D eigenvalue weighted by molar-refractivity contribution is 0.406. The fraction of sp³-hybridized carbons (Fsp3) is 0.333. The lowest BCUT2D eigenvalue weighted by atomic mass is 10.1. The molecule has 0 saturated carbocycles. The Hall–Kier alpha value is -2.16. The Labute approximate surface area is 126 Å². The molecular weight excluding hydrogens is 264 g/mol. The van der Waals surface area contributed by atoms with E-state index in [0.29, 0.717) is 0 Å². The third-order valence-electron chi connectivity index (χ3n) is 4.04. The lowest BCUT2D eigenvalue weighted by Crippen LogP contribution is -1.97. The van der Waals surface area contributed by atoms with Crippen molar-refractivity contribution in [2.24, 2.45) is 0 Å². The third kappa shape index (κ3) is 2.82. The molecule has 2 aromatic rings. The van der Waals surface area contributed by atoms with Gasteiger partial charge in [-0.15, -0.1) is 0 Å². The average Bonchev–Trinajstić information content (AvgIpc) is 2.49. The maximum atomic E-state index is 6.09. The summed E-state index contributed by atoms with van der Waals surface area (Å²) in [6.45, 7) is 8.15. The van der Waals surface area contributed by atoms with Gasteiger partial charge in [0.15, 0.2) is 0 Å². The van der Waals surface area contributed by atoms with E-state index in [4.69, 9.17) is 14.2 Å². The summed E-state index contributed by atoms with van der Waals surface area (Å²) in [5, 5.41) is 0. The fourth-order valence-electron chi connectivity index (χ4n) is 2.32. The topological polar surface area (TPSA) is 27.7 Å². The van der Waals surface area contributed by atoms with Gasteiger partial charge in [-0.25, -0.2) is 0 Å². The van der Waals surface area contributed by atoms with Crippen LogP contribution in [0.4, 0.5) is 0 Å². The molecule has 2 rings (SSSR count). The first kappa shape index (κ1) is 15.2. The highest BCUT2D eigenvalue weighted by Crippen LogP contribution is 2.35. The Balaban J connectivity index is 2.39. The van der Waals surface area contributed by atoms with Crippen molar-refractivity contribution in [3.63, 3.8) is 0 Å². The van der Waals surface area contributed by atoms with Crippen LogP contribution >= 0.6 is 0 Å². The van der Waals surface area contributed by atoms with Gasteiger partial charge in [-0.05, 0) is 74.2 Å². The van der Waals surface area contributed by atoms with Crippen LogP contribution in [0.5, 0.6) is 23.0 Å². The van der Waals surface area contributed by atoms with E-state index in [1.54, 1.807) is 14.2 Å². The molecule has 0 aliphatic rings. The second kappa shape index (κ2) is 6.08. The summed E-state index contributed by atoms with van der Waals surface area (Å²) in [6.07, 6.45) is 0. The molecule has 0 saturated heterocycles. The van der Waals surface area contributed by atoms with E-state index in [1.807, 2.05) is 52.0 Å². The summed E-state index contributed by atoms with van der Waals surface area (Å²) >= 11 is 0. The van der Waals surface area contributed by atoms with Crippen molar-refractivity contribution in [3.05, 3.63) is 46.5 Å². The predicted octanol–water partition coefficient (Wildman–Crippen LogP) is 4.73. The SMILES string of the molecule is COc1ccc(Oc2ccc(OC)c(C)c2C)c(C)c1C. The first-order chi connectivity index (χ1) is 9.99. The minimum Gasteiger partial charge on any atom is -0.496 e. The van der Waals surface area contributed by atoms with Gasteiger partial charge in [-0.3, -0.25) is 0 Å². The van der Waals surface area contributed by atoms with Crippen LogP contribution in [0.1, 0.15) is 22.3 Å². The maximum absolute atomic E-state index is 6.09. The van der Waals surface area contributed by atoms with E-state index >= 15 is 0 Å². The molecule has 0 fully saturated rings. The number of ether oxygens (including phenoxy) is 3. The summed E-state index contributed by atoms with van der Waals surface area (Å²) in [5.74, 6) is 3.45. The molecule has 0 atom stereocenters. The van der Waals surface area contributed by atoms with E-state index in [1.165, 1.54) is 0 Å². The summed E-state index contributed by atoms with van der Waals surface area (Å²) < 4.78 is 16.8. The minimum atomic E-state index is 0.848. The first-order valence-corrected chi connectivity index (χ1v) is 6.95. The van der Waals surface area contributed by atoms with Crippen molar-refractivity contribution in [2.45, 2.75) is 27.7 Å². The van der Waals surface area contributed by atoms with E-state index in [0.717, 1.165) is 45.3 Å². The molecule has 112 valence electrons. The maximum Gasteiger partial charge on any atom is 0.130 e. The molecule has 3 heteroatoms. The normalized spacial score (nSPS) is 10.4. The van der Waals surface area contributed by atoms with Crippen molar-refractivity contribution >= 4 is 0 Å². The smallest absolute Gasteiger partial charge is 0.130 e. The summed E-state index contributed by atoms with van der Waals surface area (Å²) in [5.41, 5.74) is 4.36. The van der Waals surface area contributed by atoms with Crippen LogP contribution in [-0.2, 0) is 0 Å². The first-order valence-electron chi connectivity index (χ1n) is 6.95. The molecule has 0 heterocycles. The van der Waals surface area contributed by atoms with Crippen LogP contribution in [0.2, 0.25) is 0 Å². The number of benzene rings is 2. The van der Waals surface area contributed by atoms with Crippen molar-refractivity contribution in [3.8, 4) is 23.0 Å². The molecule has 0 spiro atoms. The molecule has 0 radical (unpaired) electrons. The van der Waals surface area contributed by atoms with Crippen molar-refractivity contribution in [1.29, 1.82) is 0 Å². The van der Waals surface area contributed by atoms with Crippen molar-refractivity contribution < 1.29 is 14.2 Å². The van der Waals surface area contributed by atoms with E-state index in [2.05, 4.69) is 0 Å². The number of methoxy groups -OCH3 is 2. The highest BCUT2D eigenvalue weighted by molar-refractivity contribution is 5.52. The van der Waals surface area contributed by atoms with E-state index < -0.39 is 0 Å². The van der Waals surface area contributed by atoms with Gasteiger partial charge in [-0.2, -0.15) is 0 Å². The average molecular weight is 286 g/mol. The van der Waals surface area contributed by atoms with Gasteiger partial charge in [0.2, 0.25) is 0 Å². The Morgan fingerprint density at radius 3 is 1.14 bits per heavy atom. The highest BCUT2D eigenvalue weighted by atomic mass is 16.5. The molecule has 0 amide bonds. The van der Waals surface area contributed by atoms with Crippen LogP contribution in [-0.4, -0.2) is 14.2 Å². The standard InChI is InChI=1S/C18H22O3/c1-11-13(3)17(9-7-15(11)19-5)21-18-10-8-16(20-6)12(2)14(18)4/h7-10H,1-6H3. The number of hydrogen-bond donors (Lipinski definition) is 0. The molecule has 21 heavy (non-hydrogen) atoms. The zero-order valence-corrected chi connectivity index (χ0v) is 13.5. The summed E-state index contributed by atoms with van der Waals surface area (Å²) in [4.78, 5) is 0. The third-order valence-corrected chi connectivity index (χ3v) is 4.04. The molecule has 0 aliphatic carbocycles. The Bertz CT molecular complexity index is 602. The Morgan fingerprint density at radius 2 is 0.810 bits per heavy atom. The van der Waals surface area contributed by atoms with Gasteiger partial charge in [0.25, 0.3) is 0 Å². The second-order valence-corrected chi connectivity index (χ2v) is 5.13. The molecule has 2 aromatic carbocycles. The van der Waals surface area contributed by atoms with Gasteiger partial charge in [0.05, 0.1) is 14.2 Å². The molecular formula is C18H22O3. The number of rotatable bonds is 4. The Morgan fingerprint density at radius 1 is 0.524 bits per heavy atom. The summed E-state index contributed by atoms with van der Waals surface area (Å²) in [6, 6.07) is 7.76. The van der Waals surface area contributed by atoms with Crippen molar-refractivity contribution in [1.82, 2.24) is 0 Å². The molecule has 0 aromatic heterocycles. The van der Waals surface area contributed by atoms with Crippen LogP contribution in [0.15, 0.2) is 24.3 Å². The molecule has 0 bridgehead atoms. The monoisotopic (exact) mass is 286 g/mol. The summed E-state index contributed by atoms with van der Waals surface area (Å²) in [7, 11) is 3.36. The molecule has 0 aliphatic heterocycles. The highest BCUT2D eigenvalue weighted by Gasteiger charge is 2.12. The van der Waals surface area contributed by atoms with Gasteiger partial charge in [-0.1, -0.05) is 0 Å². The fourth-order valence-corrected chi connectivity index (χ4v) is 2.32. The lowest BCUT2D eigenvalue weighted by Gasteiger charge is -2.16. The van der Waals surface area contributed by atoms with Crippen LogP contribution in [0, 0.1) is 27.7 Å². The van der Waals surface area contributed by atoms with Gasteiger partial charge in [0.1, 0.15) is 23.0 Å². The molecule has 0 unspecified atom stereocenters. The largest absolute Gasteiger partial charge is 0.496 e. The predicted molar refractivity (Wildman–Crippen MR) is 85.0 cm³/mol. The van der Waals surface area contributed by atoms with Crippen LogP contribution < -0.4 is 14.2 Å². The molecule has 3 nitrogen and oxygen atoms in total. The Kier molecular flexibility index (Phi) is 4.41. The van der Waals surface area contributed by atoms with E-state index in [-0.39, 0.29) is 0 Å². The number of hydrogen-bond acceptors (Lipinski definition) is 3. The van der Waals surface area contributed by atoms with E-state index in [9.17, 15) is 0 Å². The van der Waals surface area contributed by atoms with Gasteiger partial charge >= 0.3 is 0 Å². The zero-order valence-electron chi connectivity index (χ0n) is 13.5. The van der Waals surface area contributed by atoms with Crippen LogP contribution in [0.25, 0.3) is 0 Å². The van der Waals surface area contributed by atoms with Crippen molar-refractivity contribution in [2.75, 3.05) is 14.2 Å². The van der Waals surface area contributed by atoms with Gasteiger partial charge in [0, 0.05) is 0 Å². The zero-order chi connectivity index (χ0) is 15.6. The quantitative estimate of drug-likeness (QED) is 0.813. The minimum absolute atomic E-state index is 0.848. The molecule has 0 N–H and O–H groups in total. The van der Waals surface area contributed by atoms with Crippen LogP contribution in [0.3, 0.4) is 0 Å². The van der Waals surface area contributed by atoms with Gasteiger partial charge < -0.3 is 14.2 Å². The second-order valence-electron chi connectivity index (χ2n) is 5.13.